The minimum atomic E-state index is -0.0364. The van der Waals surface area contributed by atoms with Gasteiger partial charge in [-0.2, -0.15) is 0 Å². The Kier molecular flexibility index (Phi) is 5.88. The van der Waals surface area contributed by atoms with Gasteiger partial charge in [-0.3, -0.25) is 4.79 Å². The number of rotatable bonds is 5. The van der Waals surface area contributed by atoms with Crippen LogP contribution in [0.5, 0.6) is 0 Å². The normalized spacial score (nSPS) is 16.7. The Bertz CT molecular complexity index is 484. The topological polar surface area (TPSA) is 44.4 Å². The van der Waals surface area contributed by atoms with E-state index in [1.54, 1.807) is 6.07 Å². The van der Waals surface area contributed by atoms with Gasteiger partial charge >= 0.3 is 0 Å². The molecule has 5 heteroatoms. The predicted octanol–water partition coefficient (Wildman–Crippen LogP) is 2.99. The molecule has 0 saturated carbocycles. The van der Waals surface area contributed by atoms with E-state index in [1.807, 2.05) is 12.1 Å². The fraction of sp³-hybridized carbons (Fsp3) is 0.562. The van der Waals surface area contributed by atoms with Gasteiger partial charge in [-0.15, -0.1) is 0 Å². The Balaban J connectivity index is 2.05. The predicted molar refractivity (Wildman–Crippen MR) is 88.2 cm³/mol. The maximum absolute atomic E-state index is 12.5. The molecule has 1 aliphatic heterocycles. The molecule has 0 bridgehead atoms. The standard InChI is InChI=1S/C16H24ClN3O/c1-3-8-18-15-5-4-12(17)11-14(15)16(21)19-13-6-9-20(2)10-7-13/h4-5,11,13,18H,3,6-10H2,1-2H3,(H,19,21). The summed E-state index contributed by atoms with van der Waals surface area (Å²) >= 11 is 6.04. The summed E-state index contributed by atoms with van der Waals surface area (Å²) in [7, 11) is 2.11. The minimum absolute atomic E-state index is 0.0364. The van der Waals surface area contributed by atoms with E-state index < -0.39 is 0 Å². The van der Waals surface area contributed by atoms with E-state index in [9.17, 15) is 4.79 Å². The second-order valence-corrected chi connectivity index (χ2v) is 6.10. The van der Waals surface area contributed by atoms with E-state index in [0.717, 1.165) is 44.6 Å². The van der Waals surface area contributed by atoms with Gasteiger partial charge in [0.1, 0.15) is 0 Å². The van der Waals surface area contributed by atoms with E-state index in [1.165, 1.54) is 0 Å². The highest BCUT2D eigenvalue weighted by atomic mass is 35.5. The van der Waals surface area contributed by atoms with Crippen LogP contribution < -0.4 is 10.6 Å². The molecule has 2 rings (SSSR count). The molecule has 2 N–H and O–H groups in total. The van der Waals surface area contributed by atoms with Gasteiger partial charge in [0.05, 0.1) is 5.56 Å². The van der Waals surface area contributed by atoms with Crippen LogP contribution in [0.15, 0.2) is 18.2 Å². The summed E-state index contributed by atoms with van der Waals surface area (Å²) in [6.45, 7) is 5.00. The van der Waals surface area contributed by atoms with Crippen LogP contribution in [0.2, 0.25) is 5.02 Å². The first-order valence-corrected chi connectivity index (χ1v) is 8.00. The largest absolute Gasteiger partial charge is 0.384 e. The summed E-state index contributed by atoms with van der Waals surface area (Å²) in [6, 6.07) is 5.68. The maximum atomic E-state index is 12.5. The van der Waals surface area contributed by atoms with Crippen LogP contribution >= 0.6 is 11.6 Å². The molecule has 0 aromatic heterocycles. The van der Waals surface area contributed by atoms with Crippen molar-refractivity contribution in [2.75, 3.05) is 32.0 Å². The van der Waals surface area contributed by atoms with Gasteiger partial charge < -0.3 is 15.5 Å². The van der Waals surface area contributed by atoms with Crippen molar-refractivity contribution in [1.82, 2.24) is 10.2 Å². The Hall–Kier alpha value is -1.26. The molecular weight excluding hydrogens is 286 g/mol. The number of likely N-dealkylation sites (tertiary alicyclic amines) is 1. The molecule has 4 nitrogen and oxygen atoms in total. The van der Waals surface area contributed by atoms with E-state index in [0.29, 0.717) is 10.6 Å². The maximum Gasteiger partial charge on any atom is 0.253 e. The quantitative estimate of drug-likeness (QED) is 0.879. The first-order chi connectivity index (χ1) is 10.1. The first kappa shape index (κ1) is 16.1. The molecule has 1 amide bonds. The average molecular weight is 310 g/mol. The molecule has 1 aromatic carbocycles. The number of nitrogens with one attached hydrogen (secondary N) is 2. The van der Waals surface area contributed by atoms with Crippen LogP contribution in [0, 0.1) is 0 Å². The summed E-state index contributed by atoms with van der Waals surface area (Å²) < 4.78 is 0. The zero-order valence-corrected chi connectivity index (χ0v) is 13.5. The number of carbonyl (C=O) groups excluding carboxylic acids is 1. The molecule has 1 saturated heterocycles. The molecule has 0 spiro atoms. The molecule has 0 aliphatic carbocycles. The number of hydrogen-bond acceptors (Lipinski definition) is 3. The summed E-state index contributed by atoms with van der Waals surface area (Å²) in [4.78, 5) is 14.8. The molecule has 1 aliphatic rings. The molecule has 0 atom stereocenters. The lowest BCUT2D eigenvalue weighted by molar-refractivity contribution is 0.0917. The van der Waals surface area contributed by atoms with Crippen LogP contribution in [-0.4, -0.2) is 43.5 Å². The second kappa shape index (κ2) is 7.66. The SMILES string of the molecule is CCCNc1ccc(Cl)cc1C(=O)NC1CCN(C)CC1. The van der Waals surface area contributed by atoms with Crippen molar-refractivity contribution >= 4 is 23.2 Å². The molecule has 21 heavy (non-hydrogen) atoms. The highest BCUT2D eigenvalue weighted by Crippen LogP contribution is 2.21. The third kappa shape index (κ3) is 4.61. The van der Waals surface area contributed by atoms with Crippen LogP contribution in [0.25, 0.3) is 0 Å². The Morgan fingerprint density at radius 1 is 1.38 bits per heavy atom. The van der Waals surface area contributed by atoms with Crippen molar-refractivity contribution < 1.29 is 4.79 Å². The summed E-state index contributed by atoms with van der Waals surface area (Å²) in [5.41, 5.74) is 1.49. The number of halogens is 1. The highest BCUT2D eigenvalue weighted by Gasteiger charge is 2.20. The fourth-order valence-electron chi connectivity index (χ4n) is 2.53. The lowest BCUT2D eigenvalue weighted by atomic mass is 10.0. The number of amides is 1. The molecular formula is C16H24ClN3O. The van der Waals surface area contributed by atoms with Crippen LogP contribution in [0.1, 0.15) is 36.5 Å². The van der Waals surface area contributed by atoms with Gasteiger partial charge in [0.15, 0.2) is 0 Å². The Morgan fingerprint density at radius 2 is 2.10 bits per heavy atom. The number of piperidine rings is 1. The number of benzene rings is 1. The molecule has 116 valence electrons. The molecule has 1 heterocycles. The number of hydrogen-bond donors (Lipinski definition) is 2. The van der Waals surface area contributed by atoms with Gasteiger partial charge in [0, 0.05) is 23.3 Å². The van der Waals surface area contributed by atoms with Gasteiger partial charge in [0.25, 0.3) is 5.91 Å². The summed E-state index contributed by atoms with van der Waals surface area (Å²) in [6.07, 6.45) is 3.01. The zero-order chi connectivity index (χ0) is 15.2. The lowest BCUT2D eigenvalue weighted by Gasteiger charge is -2.29. The molecule has 1 aromatic rings. The van der Waals surface area contributed by atoms with Crippen LogP contribution in [0.3, 0.4) is 0 Å². The van der Waals surface area contributed by atoms with Crippen molar-refractivity contribution in [1.29, 1.82) is 0 Å². The minimum Gasteiger partial charge on any atom is -0.384 e. The number of nitrogens with zero attached hydrogens (tertiary/aromatic N) is 1. The van der Waals surface area contributed by atoms with Gasteiger partial charge in [-0.1, -0.05) is 18.5 Å². The fourth-order valence-corrected chi connectivity index (χ4v) is 2.71. The smallest absolute Gasteiger partial charge is 0.253 e. The monoisotopic (exact) mass is 309 g/mol. The lowest BCUT2D eigenvalue weighted by Crippen LogP contribution is -2.43. The van der Waals surface area contributed by atoms with Crippen molar-refractivity contribution in [3.05, 3.63) is 28.8 Å². The van der Waals surface area contributed by atoms with Crippen molar-refractivity contribution in [2.45, 2.75) is 32.2 Å². The van der Waals surface area contributed by atoms with Gasteiger partial charge in [-0.25, -0.2) is 0 Å². The van der Waals surface area contributed by atoms with E-state index >= 15 is 0 Å². The average Bonchev–Trinajstić information content (AvgIpc) is 2.48. The van der Waals surface area contributed by atoms with Crippen LogP contribution in [-0.2, 0) is 0 Å². The van der Waals surface area contributed by atoms with Crippen molar-refractivity contribution in [3.63, 3.8) is 0 Å². The first-order valence-electron chi connectivity index (χ1n) is 7.63. The second-order valence-electron chi connectivity index (χ2n) is 5.67. The van der Waals surface area contributed by atoms with E-state index in [-0.39, 0.29) is 11.9 Å². The van der Waals surface area contributed by atoms with E-state index in [4.69, 9.17) is 11.6 Å². The van der Waals surface area contributed by atoms with Gasteiger partial charge in [-0.05, 0) is 57.6 Å². The molecule has 0 unspecified atom stereocenters. The third-order valence-electron chi connectivity index (χ3n) is 3.85. The van der Waals surface area contributed by atoms with E-state index in [2.05, 4.69) is 29.5 Å². The third-order valence-corrected chi connectivity index (χ3v) is 4.08. The summed E-state index contributed by atoms with van der Waals surface area (Å²) in [5.74, 6) is -0.0364. The Morgan fingerprint density at radius 3 is 2.76 bits per heavy atom. The van der Waals surface area contributed by atoms with Crippen molar-refractivity contribution in [2.24, 2.45) is 0 Å². The van der Waals surface area contributed by atoms with Crippen LogP contribution in [0.4, 0.5) is 5.69 Å². The highest BCUT2D eigenvalue weighted by molar-refractivity contribution is 6.31. The summed E-state index contributed by atoms with van der Waals surface area (Å²) in [5, 5.41) is 7.01. The zero-order valence-electron chi connectivity index (χ0n) is 12.8. The van der Waals surface area contributed by atoms with Crippen molar-refractivity contribution in [3.8, 4) is 0 Å². The Labute approximate surface area is 131 Å². The number of anilines is 1. The van der Waals surface area contributed by atoms with Gasteiger partial charge in [0.2, 0.25) is 0 Å². The molecule has 1 fully saturated rings. The number of carbonyl (C=O) groups is 1. The molecule has 0 radical (unpaired) electrons.